The molecule has 0 aliphatic carbocycles. The number of ether oxygens (including phenoxy) is 2. The molecule has 2 atom stereocenters. The van der Waals surface area contributed by atoms with E-state index in [0.29, 0.717) is 35.8 Å². The topological polar surface area (TPSA) is 123 Å². The Kier molecular flexibility index (Phi) is 9.03. The molecule has 0 saturated heterocycles. The van der Waals surface area contributed by atoms with Crippen molar-refractivity contribution in [2.75, 3.05) is 6.54 Å². The SMILES string of the molecule is CCCC1=NC(C(=O)c2cccc(Oc3ccccc3)c2)=C(C)C(CCN2C(=O)c3ccccc3C2=O)(C(=O)O)C1Oc1ccccc1. The summed E-state index contributed by atoms with van der Waals surface area (Å²) in [5.74, 6) is -1.29. The molecule has 242 valence electrons. The summed E-state index contributed by atoms with van der Waals surface area (Å²) in [6.07, 6.45) is -0.395. The molecule has 9 heteroatoms. The van der Waals surface area contributed by atoms with E-state index in [9.17, 15) is 24.3 Å². The molecular formula is C39H34N2O7. The number of fused-ring (bicyclic) bond motifs is 1. The number of rotatable bonds is 12. The van der Waals surface area contributed by atoms with Gasteiger partial charge in [0.25, 0.3) is 11.8 Å². The molecule has 0 spiro atoms. The van der Waals surface area contributed by atoms with Gasteiger partial charge in [0.1, 0.15) is 28.4 Å². The van der Waals surface area contributed by atoms with Gasteiger partial charge in [0, 0.05) is 12.1 Å². The number of imide groups is 1. The van der Waals surface area contributed by atoms with Crippen LogP contribution in [0.15, 0.2) is 125 Å². The molecule has 2 aliphatic heterocycles. The number of carbonyl (C=O) groups is 4. The Balaban J connectivity index is 1.43. The van der Waals surface area contributed by atoms with Gasteiger partial charge < -0.3 is 14.6 Å². The van der Waals surface area contributed by atoms with Crippen LogP contribution in [0, 0.1) is 5.41 Å². The molecule has 9 nitrogen and oxygen atoms in total. The minimum absolute atomic E-state index is 0.0204. The summed E-state index contributed by atoms with van der Waals surface area (Å²) in [5.41, 5.74) is -0.528. The Morgan fingerprint density at radius 3 is 2.00 bits per heavy atom. The predicted octanol–water partition coefficient (Wildman–Crippen LogP) is 7.40. The summed E-state index contributed by atoms with van der Waals surface area (Å²) in [4.78, 5) is 60.5. The number of carboxylic acids is 1. The van der Waals surface area contributed by atoms with Crippen molar-refractivity contribution in [3.8, 4) is 17.2 Å². The van der Waals surface area contributed by atoms with Crippen LogP contribution >= 0.6 is 0 Å². The number of aliphatic carboxylic acids is 1. The van der Waals surface area contributed by atoms with Crippen molar-refractivity contribution < 1.29 is 33.8 Å². The van der Waals surface area contributed by atoms with Crippen LogP contribution in [-0.2, 0) is 4.79 Å². The summed E-state index contributed by atoms with van der Waals surface area (Å²) < 4.78 is 12.4. The normalized spacial score (nSPS) is 18.8. The Labute approximate surface area is 278 Å². The molecule has 0 bridgehead atoms. The second kappa shape index (κ2) is 13.5. The molecule has 4 aromatic rings. The summed E-state index contributed by atoms with van der Waals surface area (Å²) in [6.45, 7) is 3.29. The van der Waals surface area contributed by atoms with E-state index in [1.54, 1.807) is 91.9 Å². The molecule has 2 amide bonds. The second-order valence-corrected chi connectivity index (χ2v) is 11.7. The van der Waals surface area contributed by atoms with E-state index in [1.807, 2.05) is 31.2 Å². The van der Waals surface area contributed by atoms with Gasteiger partial charge in [-0.05, 0) is 73.9 Å². The van der Waals surface area contributed by atoms with Crippen LogP contribution in [0.4, 0.5) is 0 Å². The van der Waals surface area contributed by atoms with Gasteiger partial charge in [-0.1, -0.05) is 74.0 Å². The van der Waals surface area contributed by atoms with Crippen LogP contribution in [0.1, 0.15) is 64.2 Å². The maximum atomic E-state index is 14.3. The number of benzene rings is 4. The van der Waals surface area contributed by atoms with Gasteiger partial charge in [0.15, 0.2) is 6.10 Å². The van der Waals surface area contributed by atoms with Crippen LogP contribution in [0.25, 0.3) is 0 Å². The van der Waals surface area contributed by atoms with E-state index < -0.39 is 35.1 Å². The average Bonchev–Trinajstić information content (AvgIpc) is 3.35. The maximum absolute atomic E-state index is 14.3. The molecular weight excluding hydrogens is 608 g/mol. The van der Waals surface area contributed by atoms with Crippen LogP contribution in [0.2, 0.25) is 0 Å². The lowest BCUT2D eigenvalue weighted by atomic mass is 9.68. The Hall–Kier alpha value is -5.83. The Bertz CT molecular complexity index is 1920. The van der Waals surface area contributed by atoms with Crippen molar-refractivity contribution in [3.63, 3.8) is 0 Å². The molecule has 0 aromatic heterocycles. The van der Waals surface area contributed by atoms with Gasteiger partial charge in [-0.2, -0.15) is 0 Å². The number of nitrogens with zero attached hydrogens (tertiary/aromatic N) is 2. The minimum Gasteiger partial charge on any atom is -0.483 e. The van der Waals surface area contributed by atoms with Crippen LogP contribution in [-0.4, -0.2) is 51.9 Å². The zero-order valence-corrected chi connectivity index (χ0v) is 26.6. The Morgan fingerprint density at radius 2 is 1.40 bits per heavy atom. The average molecular weight is 643 g/mol. The van der Waals surface area contributed by atoms with Gasteiger partial charge in [-0.25, -0.2) is 4.99 Å². The first-order chi connectivity index (χ1) is 23.2. The van der Waals surface area contributed by atoms with Crippen molar-refractivity contribution in [2.24, 2.45) is 10.4 Å². The second-order valence-electron chi connectivity index (χ2n) is 11.7. The third kappa shape index (κ3) is 5.90. The van der Waals surface area contributed by atoms with Crippen molar-refractivity contribution in [1.29, 1.82) is 0 Å². The minimum atomic E-state index is -1.86. The van der Waals surface area contributed by atoms with Crippen molar-refractivity contribution in [2.45, 2.75) is 39.2 Å². The monoisotopic (exact) mass is 642 g/mol. The van der Waals surface area contributed by atoms with Crippen LogP contribution in [0.3, 0.4) is 0 Å². The molecule has 4 aromatic carbocycles. The third-order valence-corrected chi connectivity index (χ3v) is 8.81. The van der Waals surface area contributed by atoms with E-state index in [0.717, 1.165) is 4.90 Å². The number of allylic oxidation sites excluding steroid dienone is 1. The molecule has 48 heavy (non-hydrogen) atoms. The zero-order chi connectivity index (χ0) is 33.8. The van der Waals surface area contributed by atoms with Crippen molar-refractivity contribution >= 4 is 29.3 Å². The molecule has 2 aliphatic rings. The highest BCUT2D eigenvalue weighted by Crippen LogP contribution is 2.45. The molecule has 0 saturated carbocycles. The van der Waals surface area contributed by atoms with Gasteiger partial charge in [-0.3, -0.25) is 24.1 Å². The number of Topliss-reactive ketones (excluding diaryl/α,β-unsaturated/α-hetero) is 1. The number of hydrogen-bond donors (Lipinski definition) is 1. The molecule has 0 fully saturated rings. The summed E-state index contributed by atoms with van der Waals surface area (Å²) in [7, 11) is 0. The predicted molar refractivity (Wildman–Crippen MR) is 180 cm³/mol. The quantitative estimate of drug-likeness (QED) is 0.126. The first kappa shape index (κ1) is 32.1. The summed E-state index contributed by atoms with van der Waals surface area (Å²) >= 11 is 0. The first-order valence-corrected chi connectivity index (χ1v) is 15.8. The van der Waals surface area contributed by atoms with Gasteiger partial charge in [-0.15, -0.1) is 0 Å². The lowest BCUT2D eigenvalue weighted by molar-refractivity contribution is -0.150. The van der Waals surface area contributed by atoms with E-state index >= 15 is 0 Å². The highest BCUT2D eigenvalue weighted by atomic mass is 16.5. The van der Waals surface area contributed by atoms with Gasteiger partial charge in [0.05, 0.1) is 16.8 Å². The number of para-hydroxylation sites is 2. The van der Waals surface area contributed by atoms with E-state index in [1.165, 1.54) is 0 Å². The number of ketones is 1. The van der Waals surface area contributed by atoms with Gasteiger partial charge in [0.2, 0.25) is 5.78 Å². The van der Waals surface area contributed by atoms with E-state index in [-0.39, 0.29) is 40.9 Å². The van der Waals surface area contributed by atoms with Crippen LogP contribution in [0.5, 0.6) is 17.2 Å². The number of carbonyl (C=O) groups excluding carboxylic acids is 3. The third-order valence-electron chi connectivity index (χ3n) is 8.81. The van der Waals surface area contributed by atoms with Crippen molar-refractivity contribution in [1.82, 2.24) is 4.90 Å². The number of hydrogen-bond acceptors (Lipinski definition) is 7. The zero-order valence-electron chi connectivity index (χ0n) is 26.6. The number of aliphatic imine (C=N–C) groups is 1. The maximum Gasteiger partial charge on any atom is 0.318 e. The fourth-order valence-electron chi connectivity index (χ4n) is 6.34. The highest BCUT2D eigenvalue weighted by molar-refractivity contribution is 6.21. The highest BCUT2D eigenvalue weighted by Gasteiger charge is 2.55. The van der Waals surface area contributed by atoms with Crippen LogP contribution < -0.4 is 9.47 Å². The molecule has 0 radical (unpaired) electrons. The lowest BCUT2D eigenvalue weighted by Gasteiger charge is -2.42. The largest absolute Gasteiger partial charge is 0.483 e. The summed E-state index contributed by atoms with van der Waals surface area (Å²) in [6, 6.07) is 31.1. The van der Waals surface area contributed by atoms with E-state index in [2.05, 4.69) is 0 Å². The van der Waals surface area contributed by atoms with Crippen molar-refractivity contribution in [3.05, 3.63) is 137 Å². The Morgan fingerprint density at radius 1 is 0.812 bits per heavy atom. The molecule has 2 heterocycles. The molecule has 2 unspecified atom stereocenters. The fourth-order valence-corrected chi connectivity index (χ4v) is 6.34. The smallest absolute Gasteiger partial charge is 0.318 e. The standard InChI is InChI=1S/C39H34N2O7/c1-3-13-32-35(48-28-17-8-5-9-18-28)39(38(45)46,22-23-41-36(43)30-20-10-11-21-31(30)37(41)44)25(2)33(40-32)34(42)26-14-12-19-29(24-26)47-27-15-6-4-7-16-27/h4-12,14-21,24,35H,3,13,22-23H2,1-2H3,(H,45,46). The summed E-state index contributed by atoms with van der Waals surface area (Å²) in [5, 5.41) is 11.2. The first-order valence-electron chi connectivity index (χ1n) is 15.8. The van der Waals surface area contributed by atoms with E-state index in [4.69, 9.17) is 14.5 Å². The lowest BCUT2D eigenvalue weighted by Crippen LogP contribution is -2.55. The number of carboxylic acid groups (broad SMARTS) is 1. The van der Waals surface area contributed by atoms with Gasteiger partial charge >= 0.3 is 5.97 Å². The molecule has 1 N–H and O–H groups in total. The fraction of sp³-hybridized carbons (Fsp3) is 0.205. The molecule has 6 rings (SSSR count). The number of amides is 2.